The van der Waals surface area contributed by atoms with Gasteiger partial charge in [-0.15, -0.1) is 0 Å². The highest BCUT2D eigenvalue weighted by Crippen LogP contribution is 2.29. The summed E-state index contributed by atoms with van der Waals surface area (Å²) in [5, 5.41) is 1.26. The third kappa shape index (κ3) is 1.81. The molecule has 0 spiro atoms. The number of fused-ring (bicyclic) bond motifs is 1. The number of nitrogens with zero attached hydrogens (tertiary/aromatic N) is 2. The molecule has 0 radical (unpaired) electrons. The lowest BCUT2D eigenvalue weighted by atomic mass is 9.99. The Bertz CT molecular complexity index is 595. The molecule has 0 unspecified atom stereocenters. The minimum absolute atomic E-state index is 1.05. The van der Waals surface area contributed by atoms with Crippen molar-refractivity contribution < 1.29 is 0 Å². The molecule has 0 amide bonds. The zero-order valence-electron chi connectivity index (χ0n) is 10.8. The number of hydrogen-bond donors (Lipinski definition) is 1. The van der Waals surface area contributed by atoms with Gasteiger partial charge in [0.2, 0.25) is 0 Å². The third-order valence-electron chi connectivity index (χ3n) is 3.83. The van der Waals surface area contributed by atoms with E-state index in [0.29, 0.717) is 0 Å². The van der Waals surface area contributed by atoms with E-state index in [1.807, 2.05) is 6.07 Å². The van der Waals surface area contributed by atoms with Gasteiger partial charge in [-0.05, 0) is 24.6 Å². The van der Waals surface area contributed by atoms with Crippen molar-refractivity contribution in [3.8, 4) is 0 Å². The quantitative estimate of drug-likeness (QED) is 0.820. The molecule has 3 heteroatoms. The van der Waals surface area contributed by atoms with E-state index in [1.165, 1.54) is 16.5 Å². The first kappa shape index (κ1) is 11.4. The Kier molecular flexibility index (Phi) is 2.84. The van der Waals surface area contributed by atoms with Crippen molar-refractivity contribution in [2.45, 2.75) is 13.3 Å². The van der Waals surface area contributed by atoms with Gasteiger partial charge in [-0.3, -0.25) is 9.58 Å². The molecule has 0 saturated carbocycles. The fourth-order valence-electron chi connectivity index (χ4n) is 2.70. The third-order valence-corrected chi connectivity index (χ3v) is 3.83. The normalized spacial score (nSPS) is 17.1. The average molecular weight is 241 g/mol. The fourth-order valence-corrected chi connectivity index (χ4v) is 2.70. The second-order valence-corrected chi connectivity index (χ2v) is 4.84. The second kappa shape index (κ2) is 4.50. The van der Waals surface area contributed by atoms with Crippen molar-refractivity contribution >= 4 is 16.5 Å². The Morgan fingerprint density at radius 2 is 2.11 bits per heavy atom. The monoisotopic (exact) mass is 241 g/mol. The zero-order chi connectivity index (χ0) is 12.5. The molecule has 0 fully saturated rings. The summed E-state index contributed by atoms with van der Waals surface area (Å²) < 4.78 is 1.73. The van der Waals surface area contributed by atoms with Crippen molar-refractivity contribution in [2.24, 2.45) is 0 Å². The number of para-hydroxylation sites is 1. The molecule has 1 aromatic heterocycles. The molecule has 1 aliphatic rings. The molecule has 2 N–H and O–H groups in total. The van der Waals surface area contributed by atoms with Crippen LogP contribution in [0.15, 0.2) is 36.5 Å². The van der Waals surface area contributed by atoms with Crippen LogP contribution in [-0.2, 0) is 0 Å². The van der Waals surface area contributed by atoms with Gasteiger partial charge in [0.15, 0.2) is 0 Å². The van der Waals surface area contributed by atoms with Gasteiger partial charge in [0.1, 0.15) is 0 Å². The summed E-state index contributed by atoms with van der Waals surface area (Å²) in [4.78, 5) is 2.45. The Labute approximate surface area is 107 Å². The van der Waals surface area contributed by atoms with Gasteiger partial charge in [-0.2, -0.15) is 0 Å². The van der Waals surface area contributed by atoms with E-state index >= 15 is 0 Å². The van der Waals surface area contributed by atoms with Crippen LogP contribution in [-0.4, -0.2) is 29.2 Å². The van der Waals surface area contributed by atoms with Crippen LogP contribution < -0.4 is 5.84 Å². The summed E-state index contributed by atoms with van der Waals surface area (Å²) in [6.07, 6.45) is 5.51. The molecular weight excluding hydrogens is 222 g/mol. The largest absolute Gasteiger partial charge is 0.339 e. The molecular formula is C15H19N3. The van der Waals surface area contributed by atoms with Crippen molar-refractivity contribution in [1.82, 2.24) is 9.58 Å². The highest BCUT2D eigenvalue weighted by Gasteiger charge is 2.15. The Morgan fingerprint density at radius 3 is 2.83 bits per heavy atom. The predicted octanol–water partition coefficient (Wildman–Crippen LogP) is 2.46. The van der Waals surface area contributed by atoms with E-state index in [0.717, 1.165) is 31.6 Å². The number of nitrogens with two attached hydrogens (primary N) is 1. The minimum Gasteiger partial charge on any atom is -0.339 e. The van der Waals surface area contributed by atoms with Gasteiger partial charge in [0, 0.05) is 30.2 Å². The SMILES string of the molecule is CCN1CC=C(c2cn(N)c3ccccc23)CC1. The van der Waals surface area contributed by atoms with Crippen LogP contribution in [0.4, 0.5) is 0 Å². The average Bonchev–Trinajstić information content (AvgIpc) is 2.77. The summed E-state index contributed by atoms with van der Waals surface area (Å²) in [6.45, 7) is 5.54. The second-order valence-electron chi connectivity index (χ2n) is 4.84. The first-order valence-corrected chi connectivity index (χ1v) is 6.56. The Morgan fingerprint density at radius 1 is 1.28 bits per heavy atom. The van der Waals surface area contributed by atoms with Crippen LogP contribution in [0.5, 0.6) is 0 Å². The summed E-state index contributed by atoms with van der Waals surface area (Å²) in [7, 11) is 0. The van der Waals surface area contributed by atoms with Gasteiger partial charge in [-0.1, -0.05) is 31.2 Å². The van der Waals surface area contributed by atoms with Crippen LogP contribution >= 0.6 is 0 Å². The van der Waals surface area contributed by atoms with E-state index in [1.54, 1.807) is 4.68 Å². The van der Waals surface area contributed by atoms with Gasteiger partial charge in [0.25, 0.3) is 0 Å². The number of hydrogen-bond acceptors (Lipinski definition) is 2. The molecule has 0 aliphatic carbocycles. The Balaban J connectivity index is 2.03. The maximum Gasteiger partial charge on any atom is 0.0696 e. The number of aromatic nitrogens is 1. The van der Waals surface area contributed by atoms with Gasteiger partial charge in [0.05, 0.1) is 5.52 Å². The minimum atomic E-state index is 1.05. The van der Waals surface area contributed by atoms with E-state index < -0.39 is 0 Å². The molecule has 1 aromatic carbocycles. The van der Waals surface area contributed by atoms with Crippen LogP contribution in [0.1, 0.15) is 18.9 Å². The zero-order valence-corrected chi connectivity index (χ0v) is 10.8. The molecule has 2 aromatic rings. The maximum absolute atomic E-state index is 6.02. The lowest BCUT2D eigenvalue weighted by Crippen LogP contribution is -2.27. The fraction of sp³-hybridized carbons (Fsp3) is 0.333. The maximum atomic E-state index is 6.02. The lowest BCUT2D eigenvalue weighted by molar-refractivity contribution is 0.319. The standard InChI is InChI=1S/C15H19N3/c1-2-17-9-7-12(8-10-17)14-11-18(16)15-6-4-3-5-13(14)15/h3-7,11H,2,8-10,16H2,1H3. The van der Waals surface area contributed by atoms with Crippen LogP contribution in [0.2, 0.25) is 0 Å². The van der Waals surface area contributed by atoms with E-state index in [9.17, 15) is 0 Å². The lowest BCUT2D eigenvalue weighted by Gasteiger charge is -2.24. The van der Waals surface area contributed by atoms with Crippen molar-refractivity contribution in [3.63, 3.8) is 0 Å². The molecule has 94 valence electrons. The van der Waals surface area contributed by atoms with Crippen molar-refractivity contribution in [2.75, 3.05) is 25.5 Å². The topological polar surface area (TPSA) is 34.2 Å². The van der Waals surface area contributed by atoms with Crippen LogP contribution in [0, 0.1) is 0 Å². The number of nitrogen functional groups attached to an aromatic ring is 1. The van der Waals surface area contributed by atoms with Gasteiger partial charge in [-0.25, -0.2) is 0 Å². The van der Waals surface area contributed by atoms with E-state index in [2.05, 4.69) is 42.3 Å². The molecule has 3 nitrogen and oxygen atoms in total. The van der Waals surface area contributed by atoms with Gasteiger partial charge >= 0.3 is 0 Å². The summed E-state index contributed by atoms with van der Waals surface area (Å²) >= 11 is 0. The summed E-state index contributed by atoms with van der Waals surface area (Å²) in [5.41, 5.74) is 3.83. The molecule has 18 heavy (non-hydrogen) atoms. The summed E-state index contributed by atoms with van der Waals surface area (Å²) in [5.74, 6) is 6.02. The number of likely N-dealkylation sites (N-methyl/N-ethyl adjacent to an activating group) is 1. The number of benzene rings is 1. The van der Waals surface area contributed by atoms with E-state index in [-0.39, 0.29) is 0 Å². The Hall–Kier alpha value is -1.74. The summed E-state index contributed by atoms with van der Waals surface area (Å²) in [6, 6.07) is 8.33. The molecule has 3 rings (SSSR count). The van der Waals surface area contributed by atoms with E-state index in [4.69, 9.17) is 5.84 Å². The first-order chi connectivity index (χ1) is 8.79. The van der Waals surface area contributed by atoms with Crippen molar-refractivity contribution in [1.29, 1.82) is 0 Å². The van der Waals surface area contributed by atoms with Crippen LogP contribution in [0.25, 0.3) is 16.5 Å². The molecule has 2 heterocycles. The molecule has 0 bridgehead atoms. The predicted molar refractivity (Wildman–Crippen MR) is 76.8 cm³/mol. The molecule has 1 aliphatic heterocycles. The molecule has 0 atom stereocenters. The smallest absolute Gasteiger partial charge is 0.0696 e. The highest BCUT2D eigenvalue weighted by atomic mass is 15.3. The molecule has 0 saturated heterocycles. The van der Waals surface area contributed by atoms with Gasteiger partial charge < -0.3 is 5.84 Å². The first-order valence-electron chi connectivity index (χ1n) is 6.56. The van der Waals surface area contributed by atoms with Crippen LogP contribution in [0.3, 0.4) is 0 Å². The number of rotatable bonds is 2. The highest BCUT2D eigenvalue weighted by molar-refractivity contribution is 5.93. The van der Waals surface area contributed by atoms with Crippen molar-refractivity contribution in [3.05, 3.63) is 42.1 Å².